The molecule has 0 amide bonds. The summed E-state index contributed by atoms with van der Waals surface area (Å²) < 4.78 is 25.8. The first kappa shape index (κ1) is 10.5. The summed E-state index contributed by atoms with van der Waals surface area (Å²) in [4.78, 5) is 9.39. The molecule has 1 rings (SSSR count). The summed E-state index contributed by atoms with van der Waals surface area (Å²) in [5, 5.41) is 10.3. The van der Waals surface area contributed by atoms with Crippen LogP contribution in [-0.2, 0) is 0 Å². The number of benzene rings is 1. The van der Waals surface area contributed by atoms with Gasteiger partial charge in [0.15, 0.2) is 0 Å². The van der Waals surface area contributed by atoms with Crippen molar-refractivity contribution in [1.29, 1.82) is 0 Å². The van der Waals surface area contributed by atoms with Crippen molar-refractivity contribution in [1.82, 2.24) is 0 Å². The van der Waals surface area contributed by atoms with Crippen molar-refractivity contribution >= 4 is 5.69 Å². The largest absolute Gasteiger partial charge is 0.324 e. The fourth-order valence-electron chi connectivity index (χ4n) is 1.04. The number of nitro benzene ring substituents is 1. The lowest BCUT2D eigenvalue weighted by Gasteiger charge is -2.06. The average molecular weight is 202 g/mol. The molecule has 14 heavy (non-hydrogen) atoms. The molecule has 76 valence electrons. The monoisotopic (exact) mass is 202 g/mol. The number of nitrogens with two attached hydrogens (primary N) is 1. The normalized spacial score (nSPS) is 12.6. The lowest BCUT2D eigenvalue weighted by molar-refractivity contribution is -0.387. The first-order valence-corrected chi connectivity index (χ1v) is 3.82. The second-order valence-corrected chi connectivity index (χ2v) is 2.87. The van der Waals surface area contributed by atoms with Gasteiger partial charge < -0.3 is 5.73 Å². The molecule has 0 aliphatic heterocycles. The fraction of sp³-hybridized carbons (Fsp3) is 0.250. The maximum atomic E-state index is 13.0. The van der Waals surface area contributed by atoms with Crippen LogP contribution < -0.4 is 5.73 Å². The van der Waals surface area contributed by atoms with E-state index in [1.54, 1.807) is 0 Å². The predicted octanol–water partition coefficient (Wildman–Crippen LogP) is 1.89. The molecule has 1 unspecified atom stereocenters. The zero-order valence-corrected chi connectivity index (χ0v) is 7.33. The molecule has 0 fully saturated rings. The third-order valence-electron chi connectivity index (χ3n) is 1.75. The van der Waals surface area contributed by atoms with Gasteiger partial charge in [0.1, 0.15) is 5.82 Å². The van der Waals surface area contributed by atoms with Crippen molar-refractivity contribution < 1.29 is 13.7 Å². The van der Waals surface area contributed by atoms with E-state index in [2.05, 4.69) is 0 Å². The van der Waals surface area contributed by atoms with Gasteiger partial charge in [-0.05, 0) is 6.92 Å². The zero-order chi connectivity index (χ0) is 10.9. The molecule has 1 atom stereocenters. The lowest BCUT2D eigenvalue weighted by atomic mass is 10.1. The van der Waals surface area contributed by atoms with Gasteiger partial charge in [0.2, 0.25) is 5.82 Å². The van der Waals surface area contributed by atoms with Gasteiger partial charge in [0.05, 0.1) is 4.92 Å². The van der Waals surface area contributed by atoms with Crippen LogP contribution in [0, 0.1) is 21.7 Å². The Morgan fingerprint density at radius 2 is 2.00 bits per heavy atom. The predicted molar refractivity (Wildman–Crippen MR) is 45.6 cm³/mol. The van der Waals surface area contributed by atoms with Gasteiger partial charge in [-0.2, -0.15) is 4.39 Å². The molecule has 2 N–H and O–H groups in total. The van der Waals surface area contributed by atoms with Crippen molar-refractivity contribution in [2.24, 2.45) is 5.73 Å². The Balaban J connectivity index is 3.34. The maximum absolute atomic E-state index is 13.0. The third-order valence-corrected chi connectivity index (χ3v) is 1.75. The van der Waals surface area contributed by atoms with Crippen LogP contribution in [0.25, 0.3) is 0 Å². The summed E-state index contributed by atoms with van der Waals surface area (Å²) in [6, 6.07) is 0.570. The minimum atomic E-state index is -1.20. The molecular formula is C8H8F2N2O2. The minimum Gasteiger partial charge on any atom is -0.324 e. The van der Waals surface area contributed by atoms with Crippen LogP contribution >= 0.6 is 0 Å². The van der Waals surface area contributed by atoms with Crippen LogP contribution in [0.2, 0.25) is 0 Å². The Morgan fingerprint density at radius 1 is 1.43 bits per heavy atom. The molecule has 0 aromatic heterocycles. The van der Waals surface area contributed by atoms with E-state index in [1.165, 1.54) is 6.92 Å². The zero-order valence-electron chi connectivity index (χ0n) is 7.33. The van der Waals surface area contributed by atoms with Gasteiger partial charge in [-0.3, -0.25) is 10.1 Å². The van der Waals surface area contributed by atoms with Crippen LogP contribution in [-0.4, -0.2) is 4.92 Å². The van der Waals surface area contributed by atoms with Crippen molar-refractivity contribution in [2.45, 2.75) is 13.0 Å². The molecule has 0 bridgehead atoms. The van der Waals surface area contributed by atoms with Crippen LogP contribution in [0.4, 0.5) is 14.5 Å². The SMILES string of the molecule is CC(N)c1cc([N+](=O)[O-])c(F)cc1F. The van der Waals surface area contributed by atoms with E-state index in [4.69, 9.17) is 5.73 Å². The van der Waals surface area contributed by atoms with Gasteiger partial charge in [0, 0.05) is 23.7 Å². The second-order valence-electron chi connectivity index (χ2n) is 2.87. The Morgan fingerprint density at radius 3 is 2.43 bits per heavy atom. The number of hydrogen-bond acceptors (Lipinski definition) is 3. The first-order valence-electron chi connectivity index (χ1n) is 3.82. The Kier molecular flexibility index (Phi) is 2.76. The quantitative estimate of drug-likeness (QED) is 0.588. The smallest absolute Gasteiger partial charge is 0.305 e. The van der Waals surface area contributed by atoms with Crippen LogP contribution in [0.15, 0.2) is 12.1 Å². The van der Waals surface area contributed by atoms with E-state index in [0.29, 0.717) is 6.07 Å². The number of nitro groups is 1. The van der Waals surface area contributed by atoms with Crippen molar-refractivity contribution in [3.63, 3.8) is 0 Å². The molecule has 0 aliphatic carbocycles. The standard InChI is InChI=1S/C8H8F2N2O2/c1-4(11)5-2-8(12(13)14)7(10)3-6(5)9/h2-4H,11H2,1H3. The fourth-order valence-corrected chi connectivity index (χ4v) is 1.04. The maximum Gasteiger partial charge on any atom is 0.305 e. The number of hydrogen-bond donors (Lipinski definition) is 1. The molecule has 0 heterocycles. The lowest BCUT2D eigenvalue weighted by Crippen LogP contribution is -2.09. The third kappa shape index (κ3) is 1.85. The molecule has 6 heteroatoms. The average Bonchev–Trinajstić information content (AvgIpc) is 2.02. The van der Waals surface area contributed by atoms with Crippen LogP contribution in [0.3, 0.4) is 0 Å². The van der Waals surface area contributed by atoms with Crippen molar-refractivity contribution in [3.8, 4) is 0 Å². The molecule has 0 saturated carbocycles. The molecule has 4 nitrogen and oxygen atoms in total. The van der Waals surface area contributed by atoms with Crippen molar-refractivity contribution in [2.75, 3.05) is 0 Å². The molecule has 0 radical (unpaired) electrons. The molecule has 0 spiro atoms. The summed E-state index contributed by atoms with van der Waals surface area (Å²) in [5.41, 5.74) is 4.51. The molecule has 1 aromatic carbocycles. The molecule has 0 aliphatic rings. The number of nitrogens with zero attached hydrogens (tertiary/aromatic N) is 1. The van der Waals surface area contributed by atoms with E-state index < -0.39 is 28.3 Å². The highest BCUT2D eigenvalue weighted by atomic mass is 19.1. The second kappa shape index (κ2) is 3.67. The van der Waals surface area contributed by atoms with Gasteiger partial charge in [0.25, 0.3) is 0 Å². The molecule has 1 aromatic rings. The number of rotatable bonds is 2. The Labute approximate surface area is 78.5 Å². The highest BCUT2D eigenvalue weighted by Crippen LogP contribution is 2.24. The van der Waals surface area contributed by atoms with E-state index >= 15 is 0 Å². The molecular weight excluding hydrogens is 194 g/mol. The van der Waals surface area contributed by atoms with Crippen LogP contribution in [0.5, 0.6) is 0 Å². The summed E-state index contributed by atoms with van der Waals surface area (Å²) >= 11 is 0. The Hall–Kier alpha value is -1.56. The molecule has 0 saturated heterocycles. The van der Waals surface area contributed by atoms with Gasteiger partial charge in [-0.15, -0.1) is 0 Å². The van der Waals surface area contributed by atoms with Gasteiger partial charge in [-0.1, -0.05) is 0 Å². The van der Waals surface area contributed by atoms with Crippen LogP contribution in [0.1, 0.15) is 18.5 Å². The topological polar surface area (TPSA) is 69.2 Å². The Bertz CT molecular complexity index is 380. The summed E-state index contributed by atoms with van der Waals surface area (Å²) in [6.07, 6.45) is 0. The van der Waals surface area contributed by atoms with E-state index in [1.807, 2.05) is 0 Å². The highest BCUT2D eigenvalue weighted by Gasteiger charge is 2.19. The highest BCUT2D eigenvalue weighted by molar-refractivity contribution is 5.38. The van der Waals surface area contributed by atoms with Gasteiger partial charge in [-0.25, -0.2) is 4.39 Å². The first-order chi connectivity index (χ1) is 6.43. The van der Waals surface area contributed by atoms with Crippen molar-refractivity contribution in [3.05, 3.63) is 39.4 Å². The summed E-state index contributed by atoms with van der Waals surface area (Å²) in [7, 11) is 0. The number of halogens is 2. The van der Waals surface area contributed by atoms with E-state index in [0.717, 1.165) is 6.07 Å². The summed E-state index contributed by atoms with van der Waals surface area (Å²) in [5.74, 6) is -2.07. The van der Waals surface area contributed by atoms with E-state index in [-0.39, 0.29) is 5.56 Å². The minimum absolute atomic E-state index is 0.0712. The van der Waals surface area contributed by atoms with Gasteiger partial charge >= 0.3 is 5.69 Å². The van der Waals surface area contributed by atoms with E-state index in [9.17, 15) is 18.9 Å². The summed E-state index contributed by atoms with van der Waals surface area (Å²) in [6.45, 7) is 1.46.